The highest BCUT2D eigenvalue weighted by Gasteiger charge is 2.32. The summed E-state index contributed by atoms with van der Waals surface area (Å²) >= 11 is 6.16. The largest absolute Gasteiger partial charge is 0.417 e. The third-order valence-corrected chi connectivity index (χ3v) is 8.78. The summed E-state index contributed by atoms with van der Waals surface area (Å²) in [5.41, 5.74) is 1.37. The zero-order chi connectivity index (χ0) is 27.8. The van der Waals surface area contributed by atoms with Gasteiger partial charge in [-0.3, -0.25) is 4.68 Å². The highest BCUT2D eigenvalue weighted by molar-refractivity contribution is 7.70. The summed E-state index contributed by atoms with van der Waals surface area (Å²) in [5, 5.41) is 8.59. The van der Waals surface area contributed by atoms with Crippen LogP contribution < -0.4 is 20.4 Å². The number of anilines is 3. The maximum Gasteiger partial charge on any atom is 0.417 e. The van der Waals surface area contributed by atoms with Gasteiger partial charge in [0, 0.05) is 62.5 Å². The lowest BCUT2D eigenvalue weighted by Crippen LogP contribution is -2.47. The summed E-state index contributed by atoms with van der Waals surface area (Å²) in [4.78, 5) is 17.7. The smallest absolute Gasteiger partial charge is 0.370 e. The number of fused-ring (bicyclic) bond motifs is 1. The molecule has 1 saturated heterocycles. The van der Waals surface area contributed by atoms with Crippen LogP contribution in [0.5, 0.6) is 0 Å². The number of aryl methyl sites for hydroxylation is 2. The first kappa shape index (κ1) is 27.7. The van der Waals surface area contributed by atoms with Crippen molar-refractivity contribution >= 4 is 41.6 Å². The predicted molar refractivity (Wildman–Crippen MR) is 147 cm³/mol. The number of hydrogen-bond acceptors (Lipinski definition) is 8. The van der Waals surface area contributed by atoms with E-state index < -0.39 is 18.9 Å². The van der Waals surface area contributed by atoms with Crippen molar-refractivity contribution in [3.05, 3.63) is 46.5 Å². The molecule has 5 rings (SSSR count). The Labute approximate surface area is 230 Å². The van der Waals surface area contributed by atoms with Gasteiger partial charge in [0.15, 0.2) is 0 Å². The van der Waals surface area contributed by atoms with Crippen LogP contribution in [-0.4, -0.2) is 70.8 Å². The number of rotatable bonds is 8. The summed E-state index contributed by atoms with van der Waals surface area (Å²) in [6.45, 7) is 7.16. The fourth-order valence-electron chi connectivity index (χ4n) is 4.84. The number of aromatic nitrogens is 5. The van der Waals surface area contributed by atoms with Crippen LogP contribution in [0.4, 0.5) is 30.8 Å². The van der Waals surface area contributed by atoms with E-state index >= 15 is 0 Å². The number of nitrogens with one attached hydrogen (secondary N) is 1. The minimum atomic E-state index is -4.48. The molecule has 0 saturated carbocycles. The number of nitrogens with zero attached hydrogens (tertiary/aromatic N) is 7. The number of halogens is 4. The van der Waals surface area contributed by atoms with Gasteiger partial charge in [-0.1, -0.05) is 11.6 Å². The normalized spacial score (nSPS) is 16.1. The van der Waals surface area contributed by atoms with Crippen molar-refractivity contribution in [1.29, 1.82) is 0 Å². The van der Waals surface area contributed by atoms with Gasteiger partial charge in [0.1, 0.15) is 18.8 Å². The minimum Gasteiger partial charge on any atom is -0.370 e. The Balaban J connectivity index is 1.21. The third-order valence-electron chi connectivity index (χ3n) is 7.03. The van der Waals surface area contributed by atoms with E-state index in [1.807, 2.05) is 15.8 Å². The Kier molecular flexibility index (Phi) is 7.79. The molecule has 0 atom stereocenters. The van der Waals surface area contributed by atoms with Gasteiger partial charge < -0.3 is 19.7 Å². The van der Waals surface area contributed by atoms with Gasteiger partial charge >= 0.3 is 6.18 Å². The molecule has 1 aliphatic carbocycles. The molecule has 1 N–H and O–H groups in total. The Morgan fingerprint density at radius 1 is 1.08 bits per heavy atom. The van der Waals surface area contributed by atoms with E-state index in [1.165, 1.54) is 0 Å². The molecule has 210 valence electrons. The van der Waals surface area contributed by atoms with Gasteiger partial charge in [-0.2, -0.15) is 23.3 Å². The lowest BCUT2D eigenvalue weighted by atomic mass is 10.2. The Hall–Kier alpha value is -2.85. The molecule has 0 spiro atoms. The van der Waals surface area contributed by atoms with Gasteiger partial charge in [0.25, 0.3) is 0 Å². The SMILES string of the molecule is CP(C)(=O)c1cnn(CCCNc2nc(N3CCN(c4ncc(C(F)(F)F)cc4Cl)CC3)nc3c2CCC3)c1. The highest BCUT2D eigenvalue weighted by Crippen LogP contribution is 2.35. The first-order chi connectivity index (χ1) is 18.5. The quantitative estimate of drug-likeness (QED) is 0.310. The van der Waals surface area contributed by atoms with E-state index in [9.17, 15) is 17.7 Å². The van der Waals surface area contributed by atoms with Gasteiger partial charge in [-0.15, -0.1) is 0 Å². The van der Waals surface area contributed by atoms with E-state index in [4.69, 9.17) is 21.6 Å². The van der Waals surface area contributed by atoms with E-state index in [0.29, 0.717) is 51.0 Å². The number of alkyl halides is 3. The van der Waals surface area contributed by atoms with Crippen molar-refractivity contribution in [2.45, 2.75) is 38.4 Å². The van der Waals surface area contributed by atoms with E-state index in [2.05, 4.69) is 20.3 Å². The molecular weight excluding hydrogens is 552 g/mol. The van der Waals surface area contributed by atoms with E-state index in [0.717, 1.165) is 60.3 Å². The van der Waals surface area contributed by atoms with Crippen molar-refractivity contribution in [1.82, 2.24) is 24.7 Å². The maximum atomic E-state index is 13.0. The summed E-state index contributed by atoms with van der Waals surface area (Å²) < 4.78 is 53.0. The molecular formula is C25H31ClF3N8OP. The summed E-state index contributed by atoms with van der Waals surface area (Å²) in [5.74, 6) is 1.87. The van der Waals surface area contributed by atoms with Gasteiger partial charge in [-0.25, -0.2) is 9.97 Å². The molecule has 3 aromatic heterocycles. The Morgan fingerprint density at radius 3 is 2.49 bits per heavy atom. The molecule has 3 aromatic rings. The zero-order valence-corrected chi connectivity index (χ0v) is 23.5. The molecule has 0 amide bonds. The van der Waals surface area contributed by atoms with Crippen LogP contribution in [0.3, 0.4) is 0 Å². The zero-order valence-electron chi connectivity index (χ0n) is 21.9. The first-order valence-electron chi connectivity index (χ1n) is 12.9. The molecule has 9 nitrogen and oxygen atoms in total. The first-order valence-corrected chi connectivity index (χ1v) is 15.9. The molecule has 2 aliphatic rings. The van der Waals surface area contributed by atoms with Gasteiger partial charge in [0.2, 0.25) is 5.95 Å². The Morgan fingerprint density at radius 2 is 1.82 bits per heavy atom. The lowest BCUT2D eigenvalue weighted by molar-refractivity contribution is -0.137. The van der Waals surface area contributed by atoms with Crippen molar-refractivity contribution in [2.24, 2.45) is 0 Å². The van der Waals surface area contributed by atoms with Crippen LogP contribution in [0.25, 0.3) is 0 Å². The molecule has 14 heteroatoms. The number of hydrogen-bond donors (Lipinski definition) is 1. The van der Waals surface area contributed by atoms with E-state index in [1.54, 1.807) is 19.5 Å². The second kappa shape index (κ2) is 11.0. The van der Waals surface area contributed by atoms with Crippen molar-refractivity contribution in [3.8, 4) is 0 Å². The molecule has 0 bridgehead atoms. The monoisotopic (exact) mass is 582 g/mol. The molecule has 0 radical (unpaired) electrons. The van der Waals surface area contributed by atoms with Crippen LogP contribution >= 0.6 is 18.7 Å². The van der Waals surface area contributed by atoms with Gasteiger partial charge in [-0.05, 0) is 45.1 Å². The maximum absolute atomic E-state index is 13.0. The number of piperazine rings is 1. The van der Waals surface area contributed by atoms with Crippen molar-refractivity contribution in [2.75, 3.05) is 61.2 Å². The summed E-state index contributed by atoms with van der Waals surface area (Å²) in [6, 6.07) is 0.926. The second-order valence-electron chi connectivity index (χ2n) is 10.2. The number of pyridine rings is 1. The fraction of sp³-hybridized carbons (Fsp3) is 0.520. The fourth-order valence-corrected chi connectivity index (χ4v) is 5.87. The van der Waals surface area contributed by atoms with Crippen LogP contribution in [0.15, 0.2) is 24.7 Å². The highest BCUT2D eigenvalue weighted by atomic mass is 35.5. The standard InChI is InChI=1S/C25H31ClF3N8OP/c1-39(2,38)18-15-32-37(16-18)8-4-7-30-22-19-5-3-6-21(19)33-24(34-22)36-11-9-35(10-12-36)23-20(26)13-17(14-31-23)25(27,28)29/h13-16H,3-12H2,1-2H3,(H,30,33,34). The average Bonchev–Trinajstić information content (AvgIpc) is 3.56. The van der Waals surface area contributed by atoms with Crippen LogP contribution in [0.1, 0.15) is 29.7 Å². The predicted octanol–water partition coefficient (Wildman–Crippen LogP) is 4.31. The molecule has 39 heavy (non-hydrogen) atoms. The molecule has 0 unspecified atom stereocenters. The summed E-state index contributed by atoms with van der Waals surface area (Å²) in [6.07, 6.45) is 3.59. The average molecular weight is 583 g/mol. The van der Waals surface area contributed by atoms with E-state index in [-0.39, 0.29) is 5.02 Å². The van der Waals surface area contributed by atoms with Crippen LogP contribution in [0.2, 0.25) is 5.02 Å². The molecule has 1 aliphatic heterocycles. The van der Waals surface area contributed by atoms with Crippen LogP contribution in [-0.2, 0) is 30.1 Å². The molecule has 4 heterocycles. The lowest BCUT2D eigenvalue weighted by Gasteiger charge is -2.36. The second-order valence-corrected chi connectivity index (χ2v) is 13.9. The molecule has 0 aromatic carbocycles. The molecule has 1 fully saturated rings. The third kappa shape index (κ3) is 6.32. The minimum absolute atomic E-state index is 0.0109. The van der Waals surface area contributed by atoms with Crippen LogP contribution in [0, 0.1) is 0 Å². The van der Waals surface area contributed by atoms with Gasteiger partial charge in [0.05, 0.1) is 22.5 Å². The summed E-state index contributed by atoms with van der Waals surface area (Å²) in [7, 11) is -2.32. The topological polar surface area (TPSA) is 92.1 Å². The van der Waals surface area contributed by atoms with Crippen molar-refractivity contribution in [3.63, 3.8) is 0 Å². The Bertz CT molecular complexity index is 1380. The van der Waals surface area contributed by atoms with Crippen molar-refractivity contribution < 1.29 is 17.7 Å².